The smallest absolute Gasteiger partial charge is 0.258 e. The molecule has 5 rings (SSSR count). The molecule has 34 heavy (non-hydrogen) atoms. The van der Waals surface area contributed by atoms with Crippen molar-refractivity contribution in [3.8, 4) is 5.75 Å². The van der Waals surface area contributed by atoms with E-state index in [-0.39, 0.29) is 29.8 Å². The van der Waals surface area contributed by atoms with Gasteiger partial charge in [0.05, 0.1) is 24.7 Å². The third-order valence-electron chi connectivity index (χ3n) is 7.81. The highest BCUT2D eigenvalue weighted by Gasteiger charge is 2.43. The van der Waals surface area contributed by atoms with Gasteiger partial charge in [0, 0.05) is 49.5 Å². The van der Waals surface area contributed by atoms with Gasteiger partial charge in [0.15, 0.2) is 0 Å². The zero-order chi connectivity index (χ0) is 23.7. The van der Waals surface area contributed by atoms with Gasteiger partial charge in [-0.05, 0) is 36.8 Å². The number of methoxy groups -OCH3 is 1. The summed E-state index contributed by atoms with van der Waals surface area (Å²) in [5.74, 6) is 1.42. The lowest BCUT2D eigenvalue weighted by Gasteiger charge is -2.29. The lowest BCUT2D eigenvalue weighted by atomic mass is 9.83. The lowest BCUT2D eigenvalue weighted by Crippen LogP contribution is -2.37. The maximum Gasteiger partial charge on any atom is 0.258 e. The first kappa shape index (κ1) is 23.3. The second-order valence-corrected chi connectivity index (χ2v) is 10.5. The van der Waals surface area contributed by atoms with E-state index in [1.807, 2.05) is 33.9 Å². The Morgan fingerprint density at radius 2 is 1.88 bits per heavy atom. The molecule has 0 aliphatic carbocycles. The third-order valence-corrected chi connectivity index (χ3v) is 8.53. The van der Waals surface area contributed by atoms with E-state index in [0.717, 1.165) is 39.1 Å². The molecule has 4 heterocycles. The number of nitrogens with zero attached hydrogens (tertiary/aromatic N) is 2. The van der Waals surface area contributed by atoms with Crippen LogP contribution >= 0.6 is 11.3 Å². The number of primary amides is 1. The molecule has 5 atom stereocenters. The van der Waals surface area contributed by atoms with Gasteiger partial charge in [-0.15, -0.1) is 11.3 Å². The molecular weight excluding hydrogens is 450 g/mol. The quantitative estimate of drug-likeness (QED) is 0.624. The van der Waals surface area contributed by atoms with Crippen molar-refractivity contribution < 1.29 is 19.1 Å². The average Bonchev–Trinajstić information content (AvgIpc) is 3.62. The summed E-state index contributed by atoms with van der Waals surface area (Å²) in [6, 6.07) is 10.4. The Balaban J connectivity index is 1.20. The molecule has 3 saturated heterocycles. The summed E-state index contributed by atoms with van der Waals surface area (Å²) in [6.07, 6.45) is 1.47. The minimum atomic E-state index is -0.258. The van der Waals surface area contributed by atoms with Crippen LogP contribution in [0.25, 0.3) is 0 Å². The highest BCUT2D eigenvalue weighted by Crippen LogP contribution is 2.38. The number of likely N-dealkylation sites (tertiary alicyclic amines) is 2. The fourth-order valence-corrected chi connectivity index (χ4v) is 6.83. The number of fused-ring (bicyclic) bond motifs is 1. The summed E-state index contributed by atoms with van der Waals surface area (Å²) in [5.41, 5.74) is 7.59. The van der Waals surface area contributed by atoms with E-state index >= 15 is 0 Å². The molecule has 1 aromatic carbocycles. The number of thiophene rings is 1. The van der Waals surface area contributed by atoms with Gasteiger partial charge < -0.3 is 25.0 Å². The minimum absolute atomic E-state index is 0.0825. The molecule has 182 valence electrons. The Bertz CT molecular complexity index is 998. The molecule has 3 aliphatic heterocycles. The van der Waals surface area contributed by atoms with Crippen LogP contribution in [0.1, 0.15) is 34.7 Å². The Morgan fingerprint density at radius 3 is 2.56 bits per heavy atom. The van der Waals surface area contributed by atoms with Crippen LogP contribution in [0, 0.1) is 17.8 Å². The Hall–Kier alpha value is -2.42. The van der Waals surface area contributed by atoms with Crippen LogP contribution in [0.5, 0.6) is 5.75 Å². The zero-order valence-corrected chi connectivity index (χ0v) is 20.4. The van der Waals surface area contributed by atoms with Crippen LogP contribution in [-0.4, -0.2) is 74.2 Å². The first-order chi connectivity index (χ1) is 16.5. The van der Waals surface area contributed by atoms with Crippen molar-refractivity contribution in [2.24, 2.45) is 23.5 Å². The molecule has 2 N–H and O–H groups in total. The van der Waals surface area contributed by atoms with Crippen molar-refractivity contribution in [2.45, 2.75) is 24.9 Å². The molecule has 0 radical (unpaired) electrons. The maximum atomic E-state index is 13.0. The van der Waals surface area contributed by atoms with Crippen molar-refractivity contribution in [3.63, 3.8) is 0 Å². The summed E-state index contributed by atoms with van der Waals surface area (Å²) >= 11 is 1.50. The van der Waals surface area contributed by atoms with Gasteiger partial charge in [-0.25, -0.2) is 0 Å². The minimum Gasteiger partial charge on any atom is -0.495 e. The number of hydrogen-bond donors (Lipinski definition) is 1. The van der Waals surface area contributed by atoms with Crippen molar-refractivity contribution in [1.82, 2.24) is 9.80 Å². The SMILES string of the molecule is COc1cscc1C(=O)N1CC2CN(CC[C@@H](c3ccccc3)C3OCCC3C(N)=O)CC2C1. The fourth-order valence-electron chi connectivity index (χ4n) is 6.06. The van der Waals surface area contributed by atoms with E-state index < -0.39 is 0 Å². The van der Waals surface area contributed by atoms with Crippen molar-refractivity contribution in [1.29, 1.82) is 0 Å². The predicted molar refractivity (Wildman–Crippen MR) is 131 cm³/mol. The molecule has 4 unspecified atom stereocenters. The fraction of sp³-hybridized carbons (Fsp3) is 0.538. The number of rotatable bonds is 8. The first-order valence-corrected chi connectivity index (χ1v) is 13.1. The maximum absolute atomic E-state index is 13.0. The Kier molecular flexibility index (Phi) is 6.90. The van der Waals surface area contributed by atoms with E-state index in [1.165, 1.54) is 16.9 Å². The number of nitrogens with two attached hydrogens (primary N) is 1. The summed E-state index contributed by atoms with van der Waals surface area (Å²) in [4.78, 5) is 29.6. The highest BCUT2D eigenvalue weighted by atomic mass is 32.1. The van der Waals surface area contributed by atoms with E-state index in [2.05, 4.69) is 17.0 Å². The normalized spacial score (nSPS) is 27.6. The van der Waals surface area contributed by atoms with E-state index in [9.17, 15) is 9.59 Å². The Labute approximate surface area is 204 Å². The number of hydrogen-bond acceptors (Lipinski definition) is 6. The highest BCUT2D eigenvalue weighted by molar-refractivity contribution is 7.08. The van der Waals surface area contributed by atoms with Crippen LogP contribution in [-0.2, 0) is 9.53 Å². The van der Waals surface area contributed by atoms with Gasteiger partial charge in [0.2, 0.25) is 5.91 Å². The zero-order valence-electron chi connectivity index (χ0n) is 19.6. The second-order valence-electron chi connectivity index (χ2n) is 9.78. The average molecular weight is 484 g/mol. The largest absolute Gasteiger partial charge is 0.495 e. The first-order valence-electron chi connectivity index (χ1n) is 12.1. The molecule has 0 spiro atoms. The predicted octanol–water partition coefficient (Wildman–Crippen LogP) is 2.82. The van der Waals surface area contributed by atoms with Gasteiger partial charge >= 0.3 is 0 Å². The standard InChI is InChI=1S/C26H33N3O4S/c1-32-23-16-34-15-22(23)26(31)29-13-18-11-28(12-19(18)14-29)9-7-20(17-5-3-2-4-6-17)24-21(25(27)30)8-10-33-24/h2-6,15-16,18-21,24H,7-14H2,1H3,(H2,27,30)/t18?,19?,20-,21?,24?/m0/s1. The third kappa shape index (κ3) is 4.59. The van der Waals surface area contributed by atoms with Crippen molar-refractivity contribution in [2.75, 3.05) is 46.4 Å². The molecule has 0 saturated carbocycles. The molecule has 3 fully saturated rings. The van der Waals surface area contributed by atoms with Gasteiger partial charge in [-0.1, -0.05) is 30.3 Å². The molecule has 3 aliphatic rings. The molecule has 2 aromatic rings. The van der Waals surface area contributed by atoms with Gasteiger partial charge in [-0.3, -0.25) is 9.59 Å². The van der Waals surface area contributed by atoms with Crippen molar-refractivity contribution in [3.05, 3.63) is 52.2 Å². The van der Waals surface area contributed by atoms with E-state index in [4.69, 9.17) is 15.2 Å². The van der Waals surface area contributed by atoms with Crippen LogP contribution in [0.4, 0.5) is 0 Å². The van der Waals surface area contributed by atoms with Crippen LogP contribution < -0.4 is 10.5 Å². The van der Waals surface area contributed by atoms with Crippen LogP contribution in [0.15, 0.2) is 41.1 Å². The number of carbonyl (C=O) groups excluding carboxylic acids is 2. The summed E-state index contributed by atoms with van der Waals surface area (Å²) in [7, 11) is 1.61. The van der Waals surface area contributed by atoms with E-state index in [1.54, 1.807) is 7.11 Å². The summed E-state index contributed by atoms with van der Waals surface area (Å²) in [6.45, 7) is 5.15. The molecule has 8 heteroatoms. The lowest BCUT2D eigenvalue weighted by molar-refractivity contribution is -0.123. The number of ether oxygens (including phenoxy) is 2. The molecular formula is C26H33N3O4S. The Morgan fingerprint density at radius 1 is 1.15 bits per heavy atom. The van der Waals surface area contributed by atoms with Crippen LogP contribution in [0.3, 0.4) is 0 Å². The molecule has 0 bridgehead atoms. The summed E-state index contributed by atoms with van der Waals surface area (Å²) < 4.78 is 11.4. The monoisotopic (exact) mass is 483 g/mol. The van der Waals surface area contributed by atoms with Gasteiger partial charge in [0.1, 0.15) is 5.75 Å². The molecule has 1 aromatic heterocycles. The number of benzene rings is 1. The van der Waals surface area contributed by atoms with Crippen molar-refractivity contribution >= 4 is 23.2 Å². The van der Waals surface area contributed by atoms with E-state index in [0.29, 0.717) is 36.2 Å². The second kappa shape index (κ2) is 10.1. The number of carbonyl (C=O) groups is 2. The van der Waals surface area contributed by atoms with Gasteiger partial charge in [-0.2, -0.15) is 0 Å². The van der Waals surface area contributed by atoms with Crippen LogP contribution in [0.2, 0.25) is 0 Å². The number of amides is 2. The summed E-state index contributed by atoms with van der Waals surface area (Å²) in [5, 5.41) is 3.77. The topological polar surface area (TPSA) is 85.1 Å². The molecule has 2 amide bonds. The molecule has 7 nitrogen and oxygen atoms in total. The van der Waals surface area contributed by atoms with Gasteiger partial charge in [0.25, 0.3) is 5.91 Å².